The molecule has 1 aromatic rings. The molecule has 122 valence electrons. The topological polar surface area (TPSA) is 61.7 Å². The second kappa shape index (κ2) is 6.10. The van der Waals surface area contributed by atoms with Gasteiger partial charge in [-0.1, -0.05) is 0 Å². The summed E-state index contributed by atoms with van der Waals surface area (Å²) < 4.78 is 5.33. The van der Waals surface area contributed by atoms with Gasteiger partial charge in [0.1, 0.15) is 11.6 Å². The lowest BCUT2D eigenvalue weighted by Crippen LogP contribution is -2.54. The van der Waals surface area contributed by atoms with Crippen LogP contribution >= 0.6 is 0 Å². The first-order chi connectivity index (χ1) is 10.5. The predicted octanol–water partition coefficient (Wildman–Crippen LogP) is 0.792. The van der Waals surface area contributed by atoms with Crippen molar-refractivity contribution in [2.24, 2.45) is 0 Å². The third-order valence-corrected chi connectivity index (χ3v) is 4.58. The molecule has 2 aliphatic rings. The highest BCUT2D eigenvalue weighted by Gasteiger charge is 2.38. The molecule has 2 saturated heterocycles. The second-order valence-corrected chi connectivity index (χ2v) is 6.85. The van der Waals surface area contributed by atoms with Crippen molar-refractivity contribution in [1.82, 2.24) is 14.9 Å². The van der Waals surface area contributed by atoms with E-state index in [0.717, 1.165) is 49.8 Å². The third-order valence-electron chi connectivity index (χ3n) is 4.58. The summed E-state index contributed by atoms with van der Waals surface area (Å²) in [6.45, 7) is 5.94. The molecular formula is C16H26N4O2. The van der Waals surface area contributed by atoms with Gasteiger partial charge in [0.25, 0.3) is 0 Å². The van der Waals surface area contributed by atoms with Crippen LogP contribution in [-0.4, -0.2) is 72.5 Å². The normalized spacial score (nSPS) is 22.4. The number of hydrogen-bond acceptors (Lipinski definition) is 6. The van der Waals surface area contributed by atoms with E-state index in [0.29, 0.717) is 19.1 Å². The van der Waals surface area contributed by atoms with Gasteiger partial charge >= 0.3 is 0 Å². The minimum Gasteiger partial charge on any atom is -0.388 e. The lowest BCUT2D eigenvalue weighted by atomic mass is 9.90. The van der Waals surface area contributed by atoms with E-state index < -0.39 is 5.60 Å². The van der Waals surface area contributed by atoms with Gasteiger partial charge in [-0.3, -0.25) is 4.90 Å². The summed E-state index contributed by atoms with van der Waals surface area (Å²) in [5.74, 6) is 2.27. The number of aromatic nitrogens is 2. The second-order valence-electron chi connectivity index (χ2n) is 6.85. The molecule has 0 aliphatic carbocycles. The van der Waals surface area contributed by atoms with E-state index in [1.54, 1.807) is 0 Å². The van der Waals surface area contributed by atoms with Crippen LogP contribution in [0.4, 0.5) is 5.82 Å². The van der Waals surface area contributed by atoms with Gasteiger partial charge in [0.05, 0.1) is 5.60 Å². The number of aliphatic hydroxyl groups is 1. The largest absolute Gasteiger partial charge is 0.388 e. The molecule has 2 aliphatic heterocycles. The molecule has 0 saturated carbocycles. The van der Waals surface area contributed by atoms with Crippen LogP contribution in [0.3, 0.4) is 0 Å². The van der Waals surface area contributed by atoms with Crippen molar-refractivity contribution < 1.29 is 9.84 Å². The molecule has 6 heteroatoms. The number of β-amino-alcohol motifs (C(OH)–C–C–N with tert-alkyl or cyclic N) is 1. The fourth-order valence-corrected chi connectivity index (χ4v) is 3.17. The van der Waals surface area contributed by atoms with Crippen LogP contribution in [0.15, 0.2) is 6.07 Å². The monoisotopic (exact) mass is 306 g/mol. The smallest absolute Gasteiger partial charge is 0.136 e. The number of aryl methyl sites for hydroxylation is 1. The van der Waals surface area contributed by atoms with Gasteiger partial charge in [0, 0.05) is 77.5 Å². The Hall–Kier alpha value is -1.24. The van der Waals surface area contributed by atoms with Crippen molar-refractivity contribution in [3.05, 3.63) is 17.6 Å². The molecule has 0 amide bonds. The molecule has 1 aromatic heterocycles. The van der Waals surface area contributed by atoms with Crippen LogP contribution in [0.1, 0.15) is 30.3 Å². The summed E-state index contributed by atoms with van der Waals surface area (Å²) in [5, 5.41) is 10.6. The van der Waals surface area contributed by atoms with Gasteiger partial charge in [-0.15, -0.1) is 0 Å². The van der Waals surface area contributed by atoms with Gasteiger partial charge in [-0.2, -0.15) is 0 Å². The van der Waals surface area contributed by atoms with Crippen molar-refractivity contribution in [2.75, 3.05) is 51.8 Å². The minimum atomic E-state index is -0.578. The maximum absolute atomic E-state index is 10.6. The first-order valence-electron chi connectivity index (χ1n) is 8.01. The lowest BCUT2D eigenvalue weighted by molar-refractivity contribution is -0.0900. The van der Waals surface area contributed by atoms with E-state index in [9.17, 15) is 5.11 Å². The van der Waals surface area contributed by atoms with Crippen molar-refractivity contribution in [3.8, 4) is 0 Å². The molecule has 3 rings (SSSR count). The molecule has 0 radical (unpaired) electrons. The Morgan fingerprint density at radius 1 is 1.32 bits per heavy atom. The maximum atomic E-state index is 10.6. The van der Waals surface area contributed by atoms with Crippen LogP contribution in [0.5, 0.6) is 0 Å². The Morgan fingerprint density at radius 3 is 2.64 bits per heavy atom. The Labute approximate surface area is 132 Å². The number of hydrogen-bond donors (Lipinski definition) is 1. The SMILES string of the molecule is Cc1cc(N(C)C)nc(C2CN(CC3(O)CCOCC3)C2)n1. The Balaban J connectivity index is 1.59. The minimum absolute atomic E-state index is 0.377. The summed E-state index contributed by atoms with van der Waals surface area (Å²) in [7, 11) is 4.00. The summed E-state index contributed by atoms with van der Waals surface area (Å²) in [5.41, 5.74) is 0.432. The van der Waals surface area contributed by atoms with Crippen LogP contribution in [0, 0.1) is 6.92 Å². The molecular weight excluding hydrogens is 280 g/mol. The van der Waals surface area contributed by atoms with Crippen LogP contribution in [-0.2, 0) is 4.74 Å². The molecule has 2 fully saturated rings. The number of anilines is 1. The molecule has 1 N–H and O–H groups in total. The summed E-state index contributed by atoms with van der Waals surface area (Å²) in [6.07, 6.45) is 1.47. The molecule has 22 heavy (non-hydrogen) atoms. The lowest BCUT2D eigenvalue weighted by Gasteiger charge is -2.44. The average Bonchev–Trinajstić information content (AvgIpc) is 2.42. The zero-order valence-electron chi connectivity index (χ0n) is 13.7. The summed E-state index contributed by atoms with van der Waals surface area (Å²) in [4.78, 5) is 13.6. The highest BCUT2D eigenvalue weighted by atomic mass is 16.5. The van der Waals surface area contributed by atoms with Gasteiger partial charge in [0.15, 0.2) is 0 Å². The molecule has 0 unspecified atom stereocenters. The molecule has 3 heterocycles. The van der Waals surface area contributed by atoms with Crippen molar-refractivity contribution in [3.63, 3.8) is 0 Å². The zero-order valence-corrected chi connectivity index (χ0v) is 13.7. The zero-order chi connectivity index (χ0) is 15.7. The van der Waals surface area contributed by atoms with Gasteiger partial charge < -0.3 is 14.7 Å². The summed E-state index contributed by atoms with van der Waals surface area (Å²) >= 11 is 0. The number of ether oxygens (including phenoxy) is 1. The molecule has 0 spiro atoms. The van der Waals surface area contributed by atoms with E-state index >= 15 is 0 Å². The van der Waals surface area contributed by atoms with Gasteiger partial charge in [-0.25, -0.2) is 9.97 Å². The molecule has 0 aromatic carbocycles. The van der Waals surface area contributed by atoms with Crippen molar-refractivity contribution in [2.45, 2.75) is 31.3 Å². The number of nitrogens with zero attached hydrogens (tertiary/aromatic N) is 4. The first kappa shape index (κ1) is 15.6. The van der Waals surface area contributed by atoms with E-state index in [1.165, 1.54) is 0 Å². The highest BCUT2D eigenvalue weighted by molar-refractivity contribution is 5.38. The molecule has 0 atom stereocenters. The van der Waals surface area contributed by atoms with E-state index in [2.05, 4.69) is 14.9 Å². The standard InChI is InChI=1S/C16H26N4O2/c1-12-8-14(19(2)3)18-15(17-12)13-9-20(10-13)11-16(21)4-6-22-7-5-16/h8,13,21H,4-7,9-11H2,1-3H3. The first-order valence-corrected chi connectivity index (χ1v) is 8.01. The van der Waals surface area contributed by atoms with Gasteiger partial charge in [0.2, 0.25) is 0 Å². The van der Waals surface area contributed by atoms with Crippen LogP contribution in [0.25, 0.3) is 0 Å². The number of rotatable bonds is 4. The summed E-state index contributed by atoms with van der Waals surface area (Å²) in [6, 6.07) is 2.00. The maximum Gasteiger partial charge on any atom is 0.136 e. The quantitative estimate of drug-likeness (QED) is 0.887. The molecule has 0 bridgehead atoms. The van der Waals surface area contributed by atoms with Crippen LogP contribution in [0.2, 0.25) is 0 Å². The highest BCUT2D eigenvalue weighted by Crippen LogP contribution is 2.30. The third kappa shape index (κ3) is 3.39. The fourth-order valence-electron chi connectivity index (χ4n) is 3.17. The van der Waals surface area contributed by atoms with Crippen molar-refractivity contribution >= 4 is 5.82 Å². The molecule has 6 nitrogen and oxygen atoms in total. The van der Waals surface area contributed by atoms with Crippen LogP contribution < -0.4 is 4.90 Å². The van der Waals surface area contributed by atoms with E-state index in [1.807, 2.05) is 32.0 Å². The Bertz CT molecular complexity index is 523. The van der Waals surface area contributed by atoms with Gasteiger partial charge in [-0.05, 0) is 6.92 Å². The Kier molecular flexibility index (Phi) is 4.34. The average molecular weight is 306 g/mol. The number of likely N-dealkylation sites (tertiary alicyclic amines) is 1. The van der Waals surface area contributed by atoms with Crippen molar-refractivity contribution in [1.29, 1.82) is 0 Å². The van der Waals surface area contributed by atoms with E-state index in [-0.39, 0.29) is 0 Å². The predicted molar refractivity (Wildman–Crippen MR) is 85.3 cm³/mol. The fraction of sp³-hybridized carbons (Fsp3) is 0.750. The van der Waals surface area contributed by atoms with E-state index in [4.69, 9.17) is 4.74 Å². The Morgan fingerprint density at radius 2 is 2.00 bits per heavy atom.